The van der Waals surface area contributed by atoms with Crippen LogP contribution in [-0.2, 0) is 0 Å². The van der Waals surface area contributed by atoms with Gasteiger partial charge in [0, 0.05) is 33.2 Å². The zero-order valence-electron chi connectivity index (χ0n) is 31.3. The van der Waals surface area contributed by atoms with Gasteiger partial charge in [-0.05, 0) is 91.5 Å². The zero-order valence-corrected chi connectivity index (χ0v) is 32.3. The maximum absolute atomic E-state index is 2.66. The minimum absolute atomic E-state index is 1.12. The third-order valence-electron chi connectivity index (χ3n) is 11.8. The largest absolute Gasteiger partial charge is 0.310 e. The summed E-state index contributed by atoms with van der Waals surface area (Å²) in [7, 11) is -2.66. The van der Waals surface area contributed by atoms with Crippen LogP contribution in [0.2, 0.25) is 0 Å². The Balaban J connectivity index is 1.11. The Morgan fingerprint density at radius 1 is 0.333 bits per heavy atom. The fourth-order valence-electron chi connectivity index (χ4n) is 9.40. The second-order valence-corrected chi connectivity index (χ2v) is 18.7. The van der Waals surface area contributed by atoms with Crippen molar-refractivity contribution in [3.05, 3.63) is 231 Å². The van der Waals surface area contributed by atoms with Gasteiger partial charge in [0.15, 0.2) is 8.07 Å². The molecule has 0 atom stereocenters. The summed E-state index contributed by atoms with van der Waals surface area (Å²) in [6.45, 7) is 0. The van der Waals surface area contributed by atoms with Crippen molar-refractivity contribution >= 4 is 89.2 Å². The molecule has 1 aromatic heterocycles. The van der Waals surface area contributed by atoms with Crippen LogP contribution in [0.15, 0.2) is 231 Å². The molecule has 0 amide bonds. The van der Waals surface area contributed by atoms with E-state index in [9.17, 15) is 0 Å². The predicted octanol–water partition coefficient (Wildman–Crippen LogP) is 11.4. The van der Waals surface area contributed by atoms with E-state index in [0.717, 1.165) is 17.1 Å². The number of para-hydroxylation sites is 2. The van der Waals surface area contributed by atoms with Crippen LogP contribution in [0.3, 0.4) is 0 Å². The second-order valence-electron chi connectivity index (χ2n) is 14.9. The van der Waals surface area contributed by atoms with Crippen molar-refractivity contribution in [2.75, 3.05) is 4.90 Å². The number of hydrogen-bond acceptors (Lipinski definition) is 1. The van der Waals surface area contributed by atoms with Crippen molar-refractivity contribution in [2.24, 2.45) is 0 Å². The van der Waals surface area contributed by atoms with Gasteiger partial charge in [0.05, 0.1) is 16.7 Å². The first-order valence-electron chi connectivity index (χ1n) is 19.7. The van der Waals surface area contributed by atoms with Crippen molar-refractivity contribution in [2.45, 2.75) is 0 Å². The van der Waals surface area contributed by atoms with Crippen LogP contribution in [0.1, 0.15) is 0 Å². The van der Waals surface area contributed by atoms with E-state index in [1.54, 1.807) is 0 Å². The molecule has 1 heterocycles. The maximum atomic E-state index is 2.46. The number of nitrogens with zero attached hydrogens (tertiary/aromatic N) is 2. The maximum Gasteiger partial charge on any atom is 0.179 e. The highest BCUT2D eigenvalue weighted by atomic mass is 28.3. The van der Waals surface area contributed by atoms with E-state index in [1.165, 1.54) is 69.8 Å². The van der Waals surface area contributed by atoms with Gasteiger partial charge in [-0.25, -0.2) is 0 Å². The first-order chi connectivity index (χ1) is 28.3. The third kappa shape index (κ3) is 5.24. The SMILES string of the molecule is c1ccc(N(c2ccc3cc([Si](c4ccccc4)(c4ccccc4)c4ccccc4)ccc3c2)c2ccc3c4c2ccc2cccc(c24)n3-c2ccccc2)cc1. The van der Waals surface area contributed by atoms with Crippen LogP contribution < -0.4 is 25.6 Å². The van der Waals surface area contributed by atoms with Gasteiger partial charge in [-0.3, -0.25) is 0 Å². The van der Waals surface area contributed by atoms with Crippen molar-refractivity contribution in [3.63, 3.8) is 0 Å². The summed E-state index contributed by atoms with van der Waals surface area (Å²) >= 11 is 0. The molecule has 0 fully saturated rings. The van der Waals surface area contributed by atoms with Gasteiger partial charge in [-0.2, -0.15) is 0 Å². The van der Waals surface area contributed by atoms with E-state index in [4.69, 9.17) is 0 Å². The van der Waals surface area contributed by atoms with Gasteiger partial charge in [-0.15, -0.1) is 0 Å². The lowest BCUT2D eigenvalue weighted by molar-refractivity contribution is 1.18. The molecule has 2 nitrogen and oxygen atoms in total. The number of fused-ring (bicyclic) bond motifs is 1. The summed E-state index contributed by atoms with van der Waals surface area (Å²) in [6.07, 6.45) is 0. The van der Waals surface area contributed by atoms with Gasteiger partial charge < -0.3 is 9.47 Å². The van der Waals surface area contributed by atoms with Crippen molar-refractivity contribution in [3.8, 4) is 5.69 Å². The smallest absolute Gasteiger partial charge is 0.179 e. The average Bonchev–Trinajstić information content (AvgIpc) is 3.63. The predicted molar refractivity (Wildman–Crippen MR) is 245 cm³/mol. The van der Waals surface area contributed by atoms with Crippen LogP contribution in [0.5, 0.6) is 0 Å². The van der Waals surface area contributed by atoms with Gasteiger partial charge in [-0.1, -0.05) is 176 Å². The molecule has 0 aliphatic carbocycles. The van der Waals surface area contributed by atoms with Crippen molar-refractivity contribution < 1.29 is 0 Å². The molecule has 0 spiro atoms. The van der Waals surface area contributed by atoms with Crippen LogP contribution >= 0.6 is 0 Å². The lowest BCUT2D eigenvalue weighted by atomic mass is 9.99. The second kappa shape index (κ2) is 13.5. The molecule has 0 aliphatic rings. The third-order valence-corrected chi connectivity index (χ3v) is 16.6. The molecule has 11 rings (SSSR count). The van der Waals surface area contributed by atoms with Gasteiger partial charge in [0.2, 0.25) is 0 Å². The fraction of sp³-hybridized carbons (Fsp3) is 0. The Bertz CT molecular complexity index is 3060. The molecule has 0 radical (unpaired) electrons. The molecule has 57 heavy (non-hydrogen) atoms. The summed E-state index contributed by atoms with van der Waals surface area (Å²) in [5, 5.41) is 13.0. The highest BCUT2D eigenvalue weighted by molar-refractivity contribution is 7.20. The zero-order chi connectivity index (χ0) is 37.8. The van der Waals surface area contributed by atoms with Crippen LogP contribution in [0, 0.1) is 0 Å². The van der Waals surface area contributed by atoms with Crippen LogP contribution in [0.4, 0.5) is 17.1 Å². The molecule has 0 saturated carbocycles. The monoisotopic (exact) mass is 742 g/mol. The molecule has 0 saturated heterocycles. The molecule has 268 valence electrons. The van der Waals surface area contributed by atoms with Gasteiger partial charge >= 0.3 is 0 Å². The molecule has 10 aromatic carbocycles. The summed E-state index contributed by atoms with van der Waals surface area (Å²) in [5.41, 5.74) is 7.02. The van der Waals surface area contributed by atoms with E-state index in [0.29, 0.717) is 0 Å². The first kappa shape index (κ1) is 33.2. The molecule has 0 N–H and O–H groups in total. The average molecular weight is 743 g/mol. The van der Waals surface area contributed by atoms with Crippen LogP contribution in [0.25, 0.3) is 49.0 Å². The molecule has 0 unspecified atom stereocenters. The quantitative estimate of drug-likeness (QED) is 0.0855. The number of anilines is 3. The summed E-state index contributed by atoms with van der Waals surface area (Å²) < 4.78 is 2.42. The highest BCUT2D eigenvalue weighted by Gasteiger charge is 2.41. The number of aromatic nitrogens is 1. The number of hydrogen-bond donors (Lipinski definition) is 0. The highest BCUT2D eigenvalue weighted by Crippen LogP contribution is 2.46. The Labute approximate surface area is 333 Å². The molecule has 0 bridgehead atoms. The Hall–Kier alpha value is -7.20. The molecular formula is C54H38N2Si. The molecule has 11 aromatic rings. The van der Waals surface area contributed by atoms with Gasteiger partial charge in [0.1, 0.15) is 0 Å². The minimum Gasteiger partial charge on any atom is -0.310 e. The van der Waals surface area contributed by atoms with Crippen LogP contribution in [-0.4, -0.2) is 12.6 Å². The first-order valence-corrected chi connectivity index (χ1v) is 21.7. The molecule has 3 heteroatoms. The topological polar surface area (TPSA) is 8.17 Å². The fourth-order valence-corrected chi connectivity index (χ4v) is 14.2. The normalized spacial score (nSPS) is 11.9. The minimum atomic E-state index is -2.66. The summed E-state index contributed by atoms with van der Waals surface area (Å²) in [5.74, 6) is 0. The lowest BCUT2D eigenvalue weighted by Gasteiger charge is -2.34. The lowest BCUT2D eigenvalue weighted by Crippen LogP contribution is -2.74. The van der Waals surface area contributed by atoms with Gasteiger partial charge in [0.25, 0.3) is 0 Å². The van der Waals surface area contributed by atoms with E-state index in [-0.39, 0.29) is 0 Å². The number of rotatable bonds is 8. The van der Waals surface area contributed by atoms with E-state index >= 15 is 0 Å². The number of benzene rings is 10. The van der Waals surface area contributed by atoms with Crippen molar-refractivity contribution in [1.82, 2.24) is 4.57 Å². The Morgan fingerprint density at radius 2 is 0.877 bits per heavy atom. The summed E-state index contributed by atoms with van der Waals surface area (Å²) in [6, 6.07) is 85.1. The molecule has 0 aliphatic heterocycles. The van der Waals surface area contributed by atoms with E-state index in [2.05, 4.69) is 240 Å². The standard InChI is InChI=1S/C54H38N2Si/c1-6-18-42(19-7-1)55(50-35-36-52-54-49(50)34-31-39-17-16-28-51(53(39)54)56(52)43-20-8-2-9-21-43)44-32-29-41-38-48(33-30-40(41)37-44)57(45-22-10-3-11-23-45,46-24-12-4-13-25-46)47-26-14-5-15-27-47/h1-38H. The van der Waals surface area contributed by atoms with E-state index < -0.39 is 8.07 Å². The van der Waals surface area contributed by atoms with E-state index in [1.807, 2.05) is 0 Å². The van der Waals surface area contributed by atoms with Crippen molar-refractivity contribution in [1.29, 1.82) is 0 Å². The molecular weight excluding hydrogens is 705 g/mol. The Kier molecular flexibility index (Phi) is 7.87. The summed E-state index contributed by atoms with van der Waals surface area (Å²) in [4.78, 5) is 2.43. The Morgan fingerprint density at radius 3 is 1.53 bits per heavy atom.